The standard InChI is InChI=1S/C21H22N4.C18H16N4.C16H13N5/c1-21(2,3)16-6-7-17-19(11-16)25-20(13-23-17)24-12-14-4-5-15-8-9-22-18(15)10-14;1-12-2-5-15-17(8-12)22-18(11-20-15)21-10-13-3-4-14-6-7-19-16(14)9-13;1-2-13-16(18-6-1)21-15(10-19-13)20-9-11-3-4-12-5-7-17-14(12)8-11/h4-11,13,22H,12H2,1-3H3,(H,24,25);2-9,11,19H,10H2,1H3,(H,21,22);1-8,10,17H,9H2,(H,18,20,21). The molecular formula is C55H51N13. The number of H-pyrrole nitrogens is 3. The third-order valence-electron chi connectivity index (χ3n) is 11.7. The number of aryl methyl sites for hydroxylation is 1. The molecule has 0 aliphatic rings. The van der Waals surface area contributed by atoms with E-state index in [9.17, 15) is 0 Å². The van der Waals surface area contributed by atoms with Crippen LogP contribution >= 0.6 is 0 Å². The Morgan fingerprint density at radius 2 is 0.912 bits per heavy atom. The van der Waals surface area contributed by atoms with E-state index in [-0.39, 0.29) is 5.41 Å². The van der Waals surface area contributed by atoms with Gasteiger partial charge in [-0.25, -0.2) is 24.9 Å². The molecule has 0 aliphatic carbocycles. The van der Waals surface area contributed by atoms with Gasteiger partial charge in [-0.3, -0.25) is 9.97 Å². The monoisotopic (exact) mass is 893 g/mol. The molecule has 0 unspecified atom stereocenters. The normalized spacial score (nSPS) is 11.4. The Balaban J connectivity index is 0.000000119. The van der Waals surface area contributed by atoms with E-state index in [4.69, 9.17) is 4.98 Å². The number of fused-ring (bicyclic) bond motifs is 6. The van der Waals surface area contributed by atoms with Gasteiger partial charge in [0.15, 0.2) is 5.65 Å². The van der Waals surface area contributed by atoms with E-state index in [1.165, 1.54) is 44.0 Å². The van der Waals surface area contributed by atoms with Crippen LogP contribution in [0.2, 0.25) is 0 Å². The van der Waals surface area contributed by atoms with Gasteiger partial charge in [0, 0.05) is 61.0 Å². The maximum atomic E-state index is 4.74. The summed E-state index contributed by atoms with van der Waals surface area (Å²) in [6, 6.07) is 41.6. The summed E-state index contributed by atoms with van der Waals surface area (Å²) < 4.78 is 0. The van der Waals surface area contributed by atoms with Gasteiger partial charge in [-0.15, -0.1) is 0 Å². The molecule has 7 aromatic heterocycles. The second kappa shape index (κ2) is 19.0. The fourth-order valence-electron chi connectivity index (χ4n) is 7.90. The fourth-order valence-corrected chi connectivity index (χ4v) is 7.90. The highest BCUT2D eigenvalue weighted by Gasteiger charge is 2.15. The first-order valence-corrected chi connectivity index (χ1v) is 22.6. The number of hydrogen-bond acceptors (Lipinski definition) is 10. The molecule has 6 N–H and O–H groups in total. The fraction of sp³-hybridized carbons (Fsp3) is 0.145. The van der Waals surface area contributed by atoms with E-state index in [2.05, 4.69) is 186 Å². The van der Waals surface area contributed by atoms with Crippen LogP contribution in [0.5, 0.6) is 0 Å². The predicted molar refractivity (Wildman–Crippen MR) is 277 cm³/mol. The van der Waals surface area contributed by atoms with E-state index < -0.39 is 0 Å². The van der Waals surface area contributed by atoms with Crippen molar-refractivity contribution in [1.29, 1.82) is 0 Å². The van der Waals surface area contributed by atoms with E-state index in [0.717, 1.165) is 68.1 Å². The van der Waals surface area contributed by atoms with E-state index in [1.807, 2.05) is 42.9 Å². The predicted octanol–water partition coefficient (Wildman–Crippen LogP) is 12.2. The first-order chi connectivity index (χ1) is 33.1. The zero-order chi connectivity index (χ0) is 46.5. The molecule has 0 saturated carbocycles. The summed E-state index contributed by atoms with van der Waals surface area (Å²) in [5.41, 5.74) is 14.8. The minimum atomic E-state index is 0.102. The molecule has 12 rings (SSSR count). The molecule has 0 aliphatic heterocycles. The van der Waals surface area contributed by atoms with Crippen molar-refractivity contribution in [3.05, 3.63) is 193 Å². The minimum absolute atomic E-state index is 0.102. The molecule has 68 heavy (non-hydrogen) atoms. The number of pyridine rings is 1. The van der Waals surface area contributed by atoms with Gasteiger partial charge in [0.05, 0.1) is 40.7 Å². The van der Waals surface area contributed by atoms with Gasteiger partial charge in [-0.05, 0) is 129 Å². The smallest absolute Gasteiger partial charge is 0.180 e. The minimum Gasteiger partial charge on any atom is -0.365 e. The summed E-state index contributed by atoms with van der Waals surface area (Å²) >= 11 is 0. The number of rotatable bonds is 9. The van der Waals surface area contributed by atoms with Gasteiger partial charge >= 0.3 is 0 Å². The van der Waals surface area contributed by atoms with Crippen LogP contribution in [0.1, 0.15) is 48.6 Å². The SMILES string of the molecule is CC(C)(C)c1ccc2ncc(NCc3ccc4cc[nH]c4c3)nc2c1.Cc1ccc2ncc(NCc3ccc4cc[nH]c4c3)nc2c1.c1cnc2nc(NCc3ccc4cc[nH]c4c3)cnc2c1. The second-order valence-corrected chi connectivity index (χ2v) is 17.8. The number of aromatic amines is 3. The zero-order valence-corrected chi connectivity index (χ0v) is 38.3. The highest BCUT2D eigenvalue weighted by atomic mass is 15.0. The Morgan fingerprint density at radius 1 is 0.441 bits per heavy atom. The Bertz CT molecular complexity index is 3670. The van der Waals surface area contributed by atoms with Gasteiger partial charge in [0.25, 0.3) is 0 Å². The molecule has 0 spiro atoms. The number of aromatic nitrogens is 10. The zero-order valence-electron chi connectivity index (χ0n) is 38.3. The van der Waals surface area contributed by atoms with Crippen molar-refractivity contribution in [2.45, 2.75) is 52.7 Å². The lowest BCUT2D eigenvalue weighted by Gasteiger charge is -2.19. The maximum Gasteiger partial charge on any atom is 0.180 e. The molecule has 0 amide bonds. The van der Waals surface area contributed by atoms with Crippen molar-refractivity contribution in [3.8, 4) is 0 Å². The van der Waals surface area contributed by atoms with Crippen LogP contribution in [-0.2, 0) is 25.0 Å². The van der Waals surface area contributed by atoms with Crippen molar-refractivity contribution in [2.75, 3.05) is 16.0 Å². The van der Waals surface area contributed by atoms with Gasteiger partial charge in [0.2, 0.25) is 0 Å². The second-order valence-electron chi connectivity index (χ2n) is 17.8. The molecule has 13 nitrogen and oxygen atoms in total. The van der Waals surface area contributed by atoms with Crippen LogP contribution in [0, 0.1) is 6.92 Å². The van der Waals surface area contributed by atoms with Crippen molar-refractivity contribution in [1.82, 2.24) is 49.8 Å². The van der Waals surface area contributed by atoms with Gasteiger partial charge in [-0.1, -0.05) is 69.3 Å². The van der Waals surface area contributed by atoms with Crippen LogP contribution in [0.15, 0.2) is 165 Å². The molecule has 0 fully saturated rings. The van der Waals surface area contributed by atoms with E-state index in [0.29, 0.717) is 18.7 Å². The highest BCUT2D eigenvalue weighted by Crippen LogP contribution is 2.26. The van der Waals surface area contributed by atoms with Gasteiger partial charge < -0.3 is 30.9 Å². The lowest BCUT2D eigenvalue weighted by atomic mass is 9.87. The van der Waals surface area contributed by atoms with Crippen LogP contribution < -0.4 is 16.0 Å². The molecule has 7 heterocycles. The van der Waals surface area contributed by atoms with Crippen LogP contribution in [0.25, 0.3) is 65.9 Å². The van der Waals surface area contributed by atoms with Crippen LogP contribution in [-0.4, -0.2) is 49.8 Å². The molecule has 5 aromatic carbocycles. The van der Waals surface area contributed by atoms with Crippen LogP contribution in [0.3, 0.4) is 0 Å². The Labute approximate surface area is 393 Å². The van der Waals surface area contributed by atoms with Crippen molar-refractivity contribution in [2.24, 2.45) is 0 Å². The molecule has 336 valence electrons. The lowest BCUT2D eigenvalue weighted by Crippen LogP contribution is -2.11. The first-order valence-electron chi connectivity index (χ1n) is 22.6. The molecule has 0 saturated heterocycles. The Morgan fingerprint density at radius 3 is 1.43 bits per heavy atom. The third-order valence-corrected chi connectivity index (χ3v) is 11.7. The molecule has 12 aromatic rings. The average Bonchev–Trinajstić information content (AvgIpc) is 4.16. The average molecular weight is 894 g/mol. The van der Waals surface area contributed by atoms with E-state index >= 15 is 0 Å². The maximum absolute atomic E-state index is 4.74. The number of nitrogens with zero attached hydrogens (tertiary/aromatic N) is 7. The summed E-state index contributed by atoms with van der Waals surface area (Å²) in [5.74, 6) is 2.32. The van der Waals surface area contributed by atoms with Crippen molar-refractivity contribution >= 4 is 83.4 Å². The summed E-state index contributed by atoms with van der Waals surface area (Å²) in [4.78, 5) is 41.0. The lowest BCUT2D eigenvalue weighted by molar-refractivity contribution is 0.591. The first kappa shape index (κ1) is 43.2. The largest absolute Gasteiger partial charge is 0.365 e. The number of hydrogen-bond donors (Lipinski definition) is 6. The summed E-state index contributed by atoms with van der Waals surface area (Å²) in [5, 5.41) is 13.7. The van der Waals surface area contributed by atoms with Crippen LogP contribution in [0.4, 0.5) is 17.5 Å². The molecule has 0 atom stereocenters. The highest BCUT2D eigenvalue weighted by molar-refractivity contribution is 5.82. The molecule has 0 radical (unpaired) electrons. The Kier molecular flexibility index (Phi) is 12.1. The molecular weight excluding hydrogens is 843 g/mol. The van der Waals surface area contributed by atoms with E-state index in [1.54, 1.807) is 24.8 Å². The van der Waals surface area contributed by atoms with Crippen molar-refractivity contribution in [3.63, 3.8) is 0 Å². The number of anilines is 3. The topological polar surface area (TPSA) is 174 Å². The van der Waals surface area contributed by atoms with Crippen molar-refractivity contribution < 1.29 is 0 Å². The molecule has 0 bridgehead atoms. The number of benzene rings is 5. The third kappa shape index (κ3) is 10.2. The summed E-state index contributed by atoms with van der Waals surface area (Å²) in [7, 11) is 0. The van der Waals surface area contributed by atoms with Gasteiger partial charge in [-0.2, -0.15) is 0 Å². The quantitative estimate of drug-likeness (QED) is 0.0818. The Hall–Kier alpha value is -8.71. The number of nitrogens with one attached hydrogen (secondary N) is 6. The summed E-state index contributed by atoms with van der Waals surface area (Å²) in [6.45, 7) is 10.8. The van der Waals surface area contributed by atoms with Gasteiger partial charge in [0.1, 0.15) is 23.0 Å². The summed E-state index contributed by atoms with van der Waals surface area (Å²) in [6.07, 6.45) is 12.9. The molecule has 13 heteroatoms.